The second kappa shape index (κ2) is 4.67. The molecule has 1 saturated carbocycles. The van der Waals surface area contributed by atoms with Gasteiger partial charge in [0.15, 0.2) is 0 Å². The van der Waals surface area contributed by atoms with E-state index >= 15 is 0 Å². The summed E-state index contributed by atoms with van der Waals surface area (Å²) in [6, 6.07) is 1.62. The first-order valence-electron chi connectivity index (χ1n) is 5.60. The molecule has 1 fully saturated rings. The standard InChI is InChI=1S/C11H15N3O3/c1-7-2-3-12-11(10(7)14(16)17)13-6-8-4-9(15)5-8/h2-3,8-9,15H,4-6H2,1H3,(H,12,13). The molecular weight excluding hydrogens is 222 g/mol. The van der Waals surface area contributed by atoms with E-state index in [0.29, 0.717) is 23.8 Å². The van der Waals surface area contributed by atoms with E-state index in [2.05, 4.69) is 10.3 Å². The van der Waals surface area contributed by atoms with Crippen LogP contribution in [0.1, 0.15) is 18.4 Å². The molecule has 0 aliphatic heterocycles. The van der Waals surface area contributed by atoms with Crippen molar-refractivity contribution in [2.45, 2.75) is 25.9 Å². The largest absolute Gasteiger partial charge is 0.393 e. The average Bonchev–Trinajstić information content (AvgIpc) is 2.22. The number of hydrogen-bond donors (Lipinski definition) is 2. The van der Waals surface area contributed by atoms with Crippen LogP contribution in [-0.4, -0.2) is 27.7 Å². The van der Waals surface area contributed by atoms with Gasteiger partial charge in [0.2, 0.25) is 5.82 Å². The van der Waals surface area contributed by atoms with Crippen molar-refractivity contribution in [2.75, 3.05) is 11.9 Å². The second-order valence-electron chi connectivity index (χ2n) is 4.45. The van der Waals surface area contributed by atoms with Gasteiger partial charge in [-0.25, -0.2) is 4.98 Å². The molecule has 2 N–H and O–H groups in total. The molecule has 1 aliphatic rings. The van der Waals surface area contributed by atoms with Crippen LogP contribution in [0.25, 0.3) is 0 Å². The maximum Gasteiger partial charge on any atom is 0.314 e. The van der Waals surface area contributed by atoms with Gasteiger partial charge in [-0.3, -0.25) is 10.1 Å². The Morgan fingerprint density at radius 2 is 2.35 bits per heavy atom. The first-order chi connectivity index (χ1) is 8.08. The van der Waals surface area contributed by atoms with Crippen LogP contribution >= 0.6 is 0 Å². The van der Waals surface area contributed by atoms with E-state index in [1.165, 1.54) is 0 Å². The maximum atomic E-state index is 10.9. The van der Waals surface area contributed by atoms with Crippen molar-refractivity contribution in [1.29, 1.82) is 0 Å². The summed E-state index contributed by atoms with van der Waals surface area (Å²) in [5.74, 6) is 0.698. The Kier molecular flexibility index (Phi) is 3.23. The quantitative estimate of drug-likeness (QED) is 0.611. The van der Waals surface area contributed by atoms with Crippen molar-refractivity contribution in [1.82, 2.24) is 4.98 Å². The highest BCUT2D eigenvalue weighted by molar-refractivity contribution is 5.59. The van der Waals surface area contributed by atoms with Crippen molar-refractivity contribution >= 4 is 11.5 Å². The molecule has 1 aliphatic carbocycles. The highest BCUT2D eigenvalue weighted by atomic mass is 16.6. The normalized spacial score (nSPS) is 22.9. The summed E-state index contributed by atoms with van der Waals surface area (Å²) in [6.07, 6.45) is 2.86. The zero-order valence-corrected chi connectivity index (χ0v) is 9.59. The van der Waals surface area contributed by atoms with Crippen LogP contribution in [0.15, 0.2) is 12.3 Å². The van der Waals surface area contributed by atoms with Gasteiger partial charge in [-0.05, 0) is 31.7 Å². The van der Waals surface area contributed by atoms with Crippen LogP contribution in [0.3, 0.4) is 0 Å². The van der Waals surface area contributed by atoms with Gasteiger partial charge in [-0.1, -0.05) is 0 Å². The summed E-state index contributed by atoms with van der Waals surface area (Å²) >= 11 is 0. The van der Waals surface area contributed by atoms with E-state index in [4.69, 9.17) is 5.11 Å². The SMILES string of the molecule is Cc1ccnc(NCC2CC(O)C2)c1[N+](=O)[O-]. The van der Waals surface area contributed by atoms with Crippen molar-refractivity contribution < 1.29 is 10.0 Å². The lowest BCUT2D eigenvalue weighted by atomic mass is 9.82. The van der Waals surface area contributed by atoms with Crippen molar-refractivity contribution in [3.63, 3.8) is 0 Å². The third kappa shape index (κ3) is 2.52. The Labute approximate surface area is 98.8 Å². The molecule has 1 aromatic heterocycles. The van der Waals surface area contributed by atoms with Crippen molar-refractivity contribution in [3.8, 4) is 0 Å². The molecule has 92 valence electrons. The number of aliphatic hydroxyl groups excluding tert-OH is 1. The highest BCUT2D eigenvalue weighted by Crippen LogP contribution is 2.29. The van der Waals surface area contributed by atoms with Gasteiger partial charge in [-0.15, -0.1) is 0 Å². The number of aryl methyl sites for hydroxylation is 1. The van der Waals surface area contributed by atoms with E-state index in [1.54, 1.807) is 19.2 Å². The monoisotopic (exact) mass is 237 g/mol. The van der Waals surface area contributed by atoms with E-state index in [9.17, 15) is 10.1 Å². The number of aliphatic hydroxyl groups is 1. The van der Waals surface area contributed by atoms with Crippen molar-refractivity contribution in [2.24, 2.45) is 5.92 Å². The highest BCUT2D eigenvalue weighted by Gasteiger charge is 2.28. The first kappa shape index (κ1) is 11.8. The third-order valence-corrected chi connectivity index (χ3v) is 3.08. The Balaban J connectivity index is 2.05. The van der Waals surface area contributed by atoms with E-state index < -0.39 is 4.92 Å². The van der Waals surface area contributed by atoms with Crippen LogP contribution in [0.5, 0.6) is 0 Å². The molecule has 0 spiro atoms. The Morgan fingerprint density at radius 1 is 1.65 bits per heavy atom. The number of nitro groups is 1. The molecule has 0 amide bonds. The van der Waals surface area contributed by atoms with Gasteiger partial charge in [0.25, 0.3) is 0 Å². The molecule has 17 heavy (non-hydrogen) atoms. The van der Waals surface area contributed by atoms with Crippen LogP contribution in [0.2, 0.25) is 0 Å². The average molecular weight is 237 g/mol. The van der Waals surface area contributed by atoms with Gasteiger partial charge in [-0.2, -0.15) is 0 Å². The predicted molar refractivity (Wildman–Crippen MR) is 62.8 cm³/mol. The Hall–Kier alpha value is -1.69. The molecule has 0 aromatic carbocycles. The molecule has 0 atom stereocenters. The third-order valence-electron chi connectivity index (χ3n) is 3.08. The van der Waals surface area contributed by atoms with Crippen LogP contribution in [0.4, 0.5) is 11.5 Å². The van der Waals surface area contributed by atoms with Crippen molar-refractivity contribution in [3.05, 3.63) is 27.9 Å². The smallest absolute Gasteiger partial charge is 0.314 e. The fourth-order valence-electron chi connectivity index (χ4n) is 2.02. The topological polar surface area (TPSA) is 88.3 Å². The van der Waals surface area contributed by atoms with Gasteiger partial charge in [0.1, 0.15) is 0 Å². The minimum Gasteiger partial charge on any atom is -0.393 e. The fourth-order valence-corrected chi connectivity index (χ4v) is 2.02. The van der Waals surface area contributed by atoms with Crippen LogP contribution < -0.4 is 5.32 Å². The lowest BCUT2D eigenvalue weighted by molar-refractivity contribution is -0.384. The number of anilines is 1. The summed E-state index contributed by atoms with van der Waals surface area (Å²) in [6.45, 7) is 2.31. The van der Waals surface area contributed by atoms with Gasteiger partial charge in [0, 0.05) is 18.3 Å². The molecule has 2 rings (SSSR count). The molecule has 1 heterocycles. The van der Waals surface area contributed by atoms with Crippen LogP contribution in [-0.2, 0) is 0 Å². The summed E-state index contributed by atoms with van der Waals surface area (Å²) in [4.78, 5) is 14.5. The molecule has 0 bridgehead atoms. The van der Waals surface area contributed by atoms with Gasteiger partial charge in [0.05, 0.1) is 11.0 Å². The molecular formula is C11H15N3O3. The van der Waals surface area contributed by atoms with Crippen LogP contribution in [0, 0.1) is 23.0 Å². The summed E-state index contributed by atoms with van der Waals surface area (Å²) < 4.78 is 0. The number of nitrogens with zero attached hydrogens (tertiary/aromatic N) is 2. The van der Waals surface area contributed by atoms with E-state index in [0.717, 1.165) is 12.8 Å². The van der Waals surface area contributed by atoms with E-state index in [1.807, 2.05) is 0 Å². The summed E-state index contributed by atoms with van der Waals surface area (Å²) in [7, 11) is 0. The fraction of sp³-hybridized carbons (Fsp3) is 0.545. The zero-order valence-electron chi connectivity index (χ0n) is 9.59. The molecule has 0 saturated heterocycles. The lowest BCUT2D eigenvalue weighted by Gasteiger charge is -2.31. The second-order valence-corrected chi connectivity index (χ2v) is 4.45. The summed E-state index contributed by atoms with van der Waals surface area (Å²) in [5, 5.41) is 23.1. The number of aromatic nitrogens is 1. The van der Waals surface area contributed by atoms with Gasteiger partial charge < -0.3 is 10.4 Å². The zero-order chi connectivity index (χ0) is 12.4. The predicted octanol–water partition coefficient (Wildman–Crippen LogP) is 1.48. The molecule has 1 aromatic rings. The lowest BCUT2D eigenvalue weighted by Crippen LogP contribution is -2.33. The molecule has 0 radical (unpaired) electrons. The minimum absolute atomic E-state index is 0.0346. The number of rotatable bonds is 4. The molecule has 0 unspecified atom stereocenters. The molecule has 6 nitrogen and oxygen atoms in total. The number of nitrogens with one attached hydrogen (secondary N) is 1. The number of pyridine rings is 1. The first-order valence-corrected chi connectivity index (χ1v) is 5.60. The van der Waals surface area contributed by atoms with E-state index in [-0.39, 0.29) is 11.8 Å². The Bertz CT molecular complexity index is 430. The minimum atomic E-state index is -0.416. The number of hydrogen-bond acceptors (Lipinski definition) is 5. The van der Waals surface area contributed by atoms with Gasteiger partial charge >= 0.3 is 5.69 Å². The summed E-state index contributed by atoms with van der Waals surface area (Å²) in [5.41, 5.74) is 0.633. The molecule has 6 heteroatoms. The maximum absolute atomic E-state index is 10.9. The Morgan fingerprint density at radius 3 is 2.94 bits per heavy atom.